The number of hydrogen-bond donors (Lipinski definition) is 2. The number of H-pyrrole nitrogens is 1. The molecule has 0 unspecified atom stereocenters. The Hall–Kier alpha value is -3.91. The van der Waals surface area contributed by atoms with Crippen LogP contribution in [0.25, 0.3) is 23.2 Å². The van der Waals surface area contributed by atoms with Crippen molar-refractivity contribution in [1.29, 1.82) is 0 Å². The Morgan fingerprint density at radius 3 is 2.45 bits per heavy atom. The highest BCUT2D eigenvalue weighted by atomic mass is 32.2. The number of carbonyl (C=O) groups is 1. The first-order chi connectivity index (χ1) is 15.1. The summed E-state index contributed by atoms with van der Waals surface area (Å²) in [4.78, 5) is 30.0. The highest BCUT2D eigenvalue weighted by Crippen LogP contribution is 2.23. The Bertz CT molecular complexity index is 1250. The summed E-state index contributed by atoms with van der Waals surface area (Å²) in [5.74, 6) is 0.00131. The Kier molecular flexibility index (Phi) is 6.09. The quantitative estimate of drug-likeness (QED) is 0.178. The average Bonchev–Trinajstić information content (AvgIpc) is 3.20. The number of nitro groups is 1. The number of imidazole rings is 1. The van der Waals surface area contributed by atoms with Gasteiger partial charge in [-0.2, -0.15) is 0 Å². The molecule has 0 atom stereocenters. The third-order valence-corrected chi connectivity index (χ3v) is 5.33. The lowest BCUT2D eigenvalue weighted by atomic mass is 10.1. The number of carbonyl (C=O) groups excluding carboxylic acids is 1. The van der Waals surface area contributed by atoms with Crippen molar-refractivity contribution in [3.05, 3.63) is 94.0 Å². The number of rotatable bonds is 7. The van der Waals surface area contributed by atoms with E-state index in [1.165, 1.54) is 23.9 Å². The van der Waals surface area contributed by atoms with Crippen molar-refractivity contribution >= 4 is 52.2 Å². The van der Waals surface area contributed by atoms with Crippen molar-refractivity contribution < 1.29 is 9.72 Å². The lowest BCUT2D eigenvalue weighted by molar-refractivity contribution is -0.384. The van der Waals surface area contributed by atoms with Gasteiger partial charge < -0.3 is 10.3 Å². The lowest BCUT2D eigenvalue weighted by Crippen LogP contribution is -2.14. The average molecular weight is 430 g/mol. The molecule has 2 N–H and O–H groups in total. The number of amides is 1. The molecular weight excluding hydrogens is 412 g/mol. The highest BCUT2D eigenvalue weighted by Gasteiger charge is 2.11. The van der Waals surface area contributed by atoms with Gasteiger partial charge in [-0.25, -0.2) is 4.98 Å². The Labute approximate surface area is 182 Å². The minimum atomic E-state index is -0.455. The number of fused-ring (bicyclic) bond motifs is 1. The molecule has 0 aliphatic heterocycles. The van der Waals surface area contributed by atoms with Crippen LogP contribution in [0.3, 0.4) is 0 Å². The molecule has 0 bridgehead atoms. The first-order valence-corrected chi connectivity index (χ1v) is 10.5. The third kappa shape index (κ3) is 5.37. The van der Waals surface area contributed by atoms with Crippen LogP contribution in [0.1, 0.15) is 11.1 Å². The van der Waals surface area contributed by atoms with E-state index in [2.05, 4.69) is 15.3 Å². The molecule has 0 saturated heterocycles. The Morgan fingerprint density at radius 1 is 1.03 bits per heavy atom. The van der Waals surface area contributed by atoms with Gasteiger partial charge in [0.15, 0.2) is 5.16 Å². The molecule has 4 rings (SSSR count). The molecule has 0 aliphatic rings. The molecule has 4 aromatic rings. The van der Waals surface area contributed by atoms with E-state index in [4.69, 9.17) is 0 Å². The van der Waals surface area contributed by atoms with Crippen LogP contribution in [0.5, 0.6) is 0 Å². The van der Waals surface area contributed by atoms with Gasteiger partial charge in [0.1, 0.15) is 0 Å². The van der Waals surface area contributed by atoms with Crippen LogP contribution in [0.4, 0.5) is 11.4 Å². The summed E-state index contributed by atoms with van der Waals surface area (Å²) in [6.07, 6.45) is 4.05. The summed E-state index contributed by atoms with van der Waals surface area (Å²) in [7, 11) is 0. The van der Waals surface area contributed by atoms with Gasteiger partial charge in [0, 0.05) is 17.8 Å². The molecule has 1 aromatic heterocycles. The maximum atomic E-state index is 12.3. The zero-order valence-corrected chi connectivity index (χ0v) is 17.1. The second kappa shape index (κ2) is 9.27. The van der Waals surface area contributed by atoms with Gasteiger partial charge >= 0.3 is 0 Å². The highest BCUT2D eigenvalue weighted by molar-refractivity contribution is 7.99. The smallest absolute Gasteiger partial charge is 0.271 e. The zero-order valence-electron chi connectivity index (χ0n) is 16.3. The first-order valence-electron chi connectivity index (χ1n) is 9.47. The maximum Gasteiger partial charge on any atom is 0.271 e. The van der Waals surface area contributed by atoms with Crippen LogP contribution in [0, 0.1) is 10.1 Å². The number of nitrogens with zero attached hydrogens (tertiary/aromatic N) is 2. The number of nitro benzene ring substituents is 1. The number of nitrogens with one attached hydrogen (secondary N) is 2. The predicted molar refractivity (Wildman–Crippen MR) is 124 cm³/mol. The second-order valence-corrected chi connectivity index (χ2v) is 7.67. The van der Waals surface area contributed by atoms with Crippen molar-refractivity contribution in [3.63, 3.8) is 0 Å². The molecule has 1 heterocycles. The summed E-state index contributed by atoms with van der Waals surface area (Å²) >= 11 is 1.24. The monoisotopic (exact) mass is 430 g/mol. The van der Waals surface area contributed by atoms with E-state index in [1.54, 1.807) is 6.07 Å². The lowest BCUT2D eigenvalue weighted by Gasteiger charge is -2.04. The molecule has 0 spiro atoms. The molecule has 0 fully saturated rings. The largest absolute Gasteiger partial charge is 0.333 e. The SMILES string of the molecule is O=C(CSc1nc2ccc([N+](=O)[O-])cc2[nH]1)Nc1ccc(/C=C/c2ccccc2)cc1. The van der Waals surface area contributed by atoms with E-state index in [0.717, 1.165) is 11.1 Å². The van der Waals surface area contributed by atoms with E-state index < -0.39 is 4.92 Å². The normalized spacial score (nSPS) is 11.1. The summed E-state index contributed by atoms with van der Waals surface area (Å²) < 4.78 is 0. The molecule has 0 aliphatic carbocycles. The molecule has 31 heavy (non-hydrogen) atoms. The van der Waals surface area contributed by atoms with Crippen molar-refractivity contribution in [2.24, 2.45) is 0 Å². The van der Waals surface area contributed by atoms with Crippen molar-refractivity contribution in [2.75, 3.05) is 11.1 Å². The third-order valence-electron chi connectivity index (χ3n) is 4.46. The second-order valence-electron chi connectivity index (χ2n) is 6.70. The Morgan fingerprint density at radius 2 is 1.74 bits per heavy atom. The number of hydrogen-bond acceptors (Lipinski definition) is 5. The van der Waals surface area contributed by atoms with Crippen LogP contribution in [-0.4, -0.2) is 26.6 Å². The van der Waals surface area contributed by atoms with Crippen molar-refractivity contribution in [2.45, 2.75) is 5.16 Å². The van der Waals surface area contributed by atoms with E-state index >= 15 is 0 Å². The van der Waals surface area contributed by atoms with Crippen LogP contribution in [0.15, 0.2) is 78.0 Å². The van der Waals surface area contributed by atoms with Gasteiger partial charge in [-0.3, -0.25) is 14.9 Å². The number of non-ortho nitro benzene ring substituents is 1. The number of thioether (sulfide) groups is 1. The molecule has 0 radical (unpaired) electrons. The van der Waals surface area contributed by atoms with E-state index in [-0.39, 0.29) is 17.3 Å². The zero-order chi connectivity index (χ0) is 21.6. The van der Waals surface area contributed by atoms with E-state index in [9.17, 15) is 14.9 Å². The molecule has 3 aromatic carbocycles. The standard InChI is InChI=1S/C23H18N4O3S/c28-22(15-31-23-25-20-13-12-19(27(29)30)14-21(20)26-23)24-18-10-8-17(9-11-18)7-6-16-4-2-1-3-5-16/h1-14H,15H2,(H,24,28)(H,25,26)/b7-6+. The Balaban J connectivity index is 1.32. The van der Waals surface area contributed by atoms with Gasteiger partial charge in [0.05, 0.1) is 21.7 Å². The fourth-order valence-electron chi connectivity index (χ4n) is 2.92. The number of aromatic amines is 1. The van der Waals surface area contributed by atoms with E-state index in [0.29, 0.717) is 21.9 Å². The molecule has 0 saturated carbocycles. The minimum absolute atomic E-state index is 0.00694. The van der Waals surface area contributed by atoms with E-state index in [1.807, 2.05) is 66.7 Å². The van der Waals surface area contributed by atoms with Crippen LogP contribution < -0.4 is 5.32 Å². The van der Waals surface area contributed by atoms with Gasteiger partial charge in [-0.05, 0) is 29.3 Å². The first kappa shape index (κ1) is 20.4. The fourth-order valence-corrected chi connectivity index (χ4v) is 3.61. The van der Waals surface area contributed by atoms with Gasteiger partial charge in [0.25, 0.3) is 5.69 Å². The molecule has 154 valence electrons. The number of anilines is 1. The van der Waals surface area contributed by atoms with Gasteiger partial charge in [-0.15, -0.1) is 0 Å². The number of benzene rings is 3. The molecular formula is C23H18N4O3S. The van der Waals surface area contributed by atoms with Crippen LogP contribution in [0.2, 0.25) is 0 Å². The topological polar surface area (TPSA) is 101 Å². The van der Waals surface area contributed by atoms with Crippen LogP contribution in [-0.2, 0) is 4.79 Å². The predicted octanol–water partition coefficient (Wildman–Crippen LogP) is 5.37. The summed E-state index contributed by atoms with van der Waals surface area (Å²) in [5.41, 5.74) is 4.05. The van der Waals surface area contributed by atoms with Gasteiger partial charge in [0.2, 0.25) is 5.91 Å². The summed E-state index contributed by atoms with van der Waals surface area (Å²) in [6, 6.07) is 22.0. The van der Waals surface area contributed by atoms with Crippen molar-refractivity contribution in [3.8, 4) is 0 Å². The van der Waals surface area contributed by atoms with Crippen LogP contribution >= 0.6 is 11.8 Å². The van der Waals surface area contributed by atoms with Crippen molar-refractivity contribution in [1.82, 2.24) is 9.97 Å². The molecule has 1 amide bonds. The fraction of sp³-hybridized carbons (Fsp3) is 0.0435. The maximum absolute atomic E-state index is 12.3. The summed E-state index contributed by atoms with van der Waals surface area (Å²) in [5, 5.41) is 14.3. The van der Waals surface area contributed by atoms with Gasteiger partial charge in [-0.1, -0.05) is 66.4 Å². The molecule has 7 nitrogen and oxygen atoms in total. The summed E-state index contributed by atoms with van der Waals surface area (Å²) in [6.45, 7) is 0. The minimum Gasteiger partial charge on any atom is -0.333 e. The number of aromatic nitrogens is 2. The molecule has 8 heteroatoms.